The number of aliphatic hydroxyl groups excluding tert-OH is 4. The molecule has 0 radical (unpaired) electrons. The predicted octanol–water partition coefficient (Wildman–Crippen LogP) is 6.56. The van der Waals surface area contributed by atoms with Crippen molar-refractivity contribution < 1.29 is 83.1 Å². The first-order chi connectivity index (χ1) is 46.4. The molecule has 4 bridgehead atoms. The number of imide groups is 1. The molecule has 1 saturated heterocycles. The Bertz CT molecular complexity index is 3990. The number of fused-ring (bicyclic) bond motifs is 2. The number of thiazole rings is 1. The maximum atomic E-state index is 14.3. The number of aliphatic carboxylic acids is 1. The zero-order valence-electron chi connectivity index (χ0n) is 54.3. The van der Waals surface area contributed by atoms with Crippen LogP contribution in [-0.4, -0.2) is 184 Å². The van der Waals surface area contributed by atoms with E-state index in [1.165, 1.54) is 16.2 Å². The number of aromatic nitrogens is 4. The SMILES string of the molecule is Cc1c(-c2ccc(N3CCc4cccc(C(=O)Nc5nc6ccccc6s5)c4C3)nc2C(=O)O)cnn1CC12CC3(C)CC(C)(C1)CC(OCCN(CC[C@H](O)CO)C(=O)OCc1ccc(CCCCNC(=O)CN4C(=O)C=CC4=O)cc1O[C@@H]1O[C@H](C(=O)O)C[C@H](O)[C@H]1O)(C3)C2. The van der Waals surface area contributed by atoms with E-state index in [4.69, 9.17) is 29.0 Å². The molecule has 3 aliphatic heterocycles. The number of ether oxygens (including phenoxy) is 4. The van der Waals surface area contributed by atoms with Crippen LogP contribution in [0.2, 0.25) is 0 Å². The maximum Gasteiger partial charge on any atom is 0.410 e. The van der Waals surface area contributed by atoms with Gasteiger partial charge in [-0.05, 0) is 147 Å². The summed E-state index contributed by atoms with van der Waals surface area (Å²) in [4.78, 5) is 103. The Labute approximate surface area is 563 Å². The lowest BCUT2D eigenvalue weighted by Gasteiger charge is -2.69. The van der Waals surface area contributed by atoms with E-state index in [1.807, 2.05) is 59.0 Å². The molecule has 7 atom stereocenters. The third-order valence-corrected chi connectivity index (χ3v) is 20.7. The number of nitrogens with one attached hydrogen (secondary N) is 2. The highest BCUT2D eigenvalue weighted by Crippen LogP contribution is 2.72. The van der Waals surface area contributed by atoms with Crippen molar-refractivity contribution in [3.63, 3.8) is 0 Å². The molecule has 4 aliphatic carbocycles. The van der Waals surface area contributed by atoms with Gasteiger partial charge in [-0.3, -0.25) is 34.1 Å². The average molecular weight is 1350 g/mol. The molecule has 5 amide bonds. The van der Waals surface area contributed by atoms with Crippen LogP contribution in [0.4, 0.5) is 15.7 Å². The Hall–Kier alpha value is -8.70. The van der Waals surface area contributed by atoms with Crippen LogP contribution in [0.3, 0.4) is 0 Å². The zero-order valence-corrected chi connectivity index (χ0v) is 55.1. The molecule has 2 unspecified atom stereocenters. The normalized spacial score (nSPS) is 25.1. The smallest absolute Gasteiger partial charge is 0.410 e. The van der Waals surface area contributed by atoms with Crippen LogP contribution in [0.15, 0.2) is 91.1 Å². The van der Waals surface area contributed by atoms with Gasteiger partial charge in [0, 0.05) is 85.8 Å². The standard InChI is InChI=1S/C70H81N9O17S/c1-41-48(46-16-17-55(74-59(46)63(90)91)77-23-20-43-10-8-11-47(49(43)30-77)61(87)75-65-73-50-12-4-5-13-54(50)97-65)29-72-79(41)40-69-35-67(2)34-68(3,36-69)38-70(37-67,39-69)94-26-25-76(24-21-45(81)32-80)66(92)93-33-44-15-14-42(9-6-7-22-71-56(83)31-78-57(84)18-19-58(78)85)27-52(44)95-64-60(86)51(82)28-53(96-64)62(88)89/h4-5,8,10-19,27,29,45,51,53,60,64,80-82,86H,6-7,9,20-26,28,30-40H2,1-3H3,(H,71,83)(H,88,89)(H,90,91)(H,73,75,87)/t45-,51-,53-,60+,64+,67?,68?,69?,70?/m0/s1. The minimum Gasteiger partial charge on any atom is -0.479 e. The molecule has 7 aliphatic rings. The molecule has 8 N–H and O–H groups in total. The van der Waals surface area contributed by atoms with Gasteiger partial charge in [0.05, 0.1) is 47.4 Å². The molecule has 27 heteroatoms. The number of hydrogen-bond acceptors (Lipinski definition) is 20. The summed E-state index contributed by atoms with van der Waals surface area (Å²) in [7, 11) is 0. The van der Waals surface area contributed by atoms with Gasteiger partial charge in [0.2, 0.25) is 12.2 Å². The average Bonchev–Trinajstić information content (AvgIpc) is 0.745. The highest BCUT2D eigenvalue weighted by Gasteiger charge is 2.66. The van der Waals surface area contributed by atoms with E-state index in [0.717, 1.165) is 76.2 Å². The number of amides is 5. The van der Waals surface area contributed by atoms with Gasteiger partial charge in [-0.1, -0.05) is 61.6 Å². The van der Waals surface area contributed by atoms with Crippen molar-refractivity contribution in [1.29, 1.82) is 0 Å². The van der Waals surface area contributed by atoms with Crippen LogP contribution < -0.4 is 20.3 Å². The third kappa shape index (κ3) is 15.1. The Morgan fingerprint density at radius 2 is 1.66 bits per heavy atom. The lowest BCUT2D eigenvalue weighted by molar-refractivity contribution is -0.248. The second-order valence-corrected chi connectivity index (χ2v) is 28.7. The molecule has 5 fully saturated rings. The Morgan fingerprint density at radius 3 is 2.40 bits per heavy atom. The third-order valence-electron chi connectivity index (χ3n) is 19.8. The van der Waals surface area contributed by atoms with Gasteiger partial charge in [0.15, 0.2) is 16.9 Å². The monoisotopic (exact) mass is 1350 g/mol. The zero-order chi connectivity index (χ0) is 68.6. The molecule has 3 aromatic carbocycles. The number of rotatable bonds is 27. The number of aryl methyl sites for hydroxylation is 1. The highest BCUT2D eigenvalue weighted by molar-refractivity contribution is 7.22. The number of pyridine rings is 1. The number of benzene rings is 3. The topological polar surface area (TPSA) is 355 Å². The van der Waals surface area contributed by atoms with Crippen molar-refractivity contribution >= 4 is 74.2 Å². The molecule has 0 spiro atoms. The lowest BCUT2D eigenvalue weighted by atomic mass is 9.39. The Balaban J connectivity index is 0.707. The van der Waals surface area contributed by atoms with Crippen LogP contribution in [0.25, 0.3) is 21.3 Å². The van der Waals surface area contributed by atoms with Gasteiger partial charge in [0.1, 0.15) is 30.8 Å². The number of unbranched alkanes of at least 4 members (excludes halogenated alkanes) is 1. The molecule has 6 aromatic rings. The van der Waals surface area contributed by atoms with Crippen LogP contribution in [0, 0.1) is 23.2 Å². The van der Waals surface area contributed by atoms with Crippen LogP contribution >= 0.6 is 11.3 Å². The molecule has 97 heavy (non-hydrogen) atoms. The van der Waals surface area contributed by atoms with Crippen LogP contribution in [0.5, 0.6) is 5.75 Å². The summed E-state index contributed by atoms with van der Waals surface area (Å²) in [5.41, 5.74) is 4.91. The summed E-state index contributed by atoms with van der Waals surface area (Å²) in [5.74, 6) is -3.93. The maximum absolute atomic E-state index is 14.3. The molecule has 26 nitrogen and oxygen atoms in total. The number of carboxylic acid groups (broad SMARTS) is 2. The van der Waals surface area contributed by atoms with E-state index in [0.29, 0.717) is 90.5 Å². The number of nitrogens with zero attached hydrogens (tertiary/aromatic N) is 7. The molecular formula is C70H81N9O17S. The van der Waals surface area contributed by atoms with Crippen molar-refractivity contribution in [2.45, 2.75) is 154 Å². The number of aliphatic hydroxyl groups is 4. The summed E-state index contributed by atoms with van der Waals surface area (Å²) >= 11 is 1.40. The van der Waals surface area contributed by atoms with E-state index in [1.54, 1.807) is 36.5 Å². The van der Waals surface area contributed by atoms with E-state index < -0.39 is 85.2 Å². The van der Waals surface area contributed by atoms with Crippen molar-refractivity contribution in [3.05, 3.63) is 130 Å². The van der Waals surface area contributed by atoms with Gasteiger partial charge < -0.3 is 64.7 Å². The number of para-hydroxylation sites is 1. The molecular weight excluding hydrogens is 1270 g/mol. The number of hydrogen-bond donors (Lipinski definition) is 8. The van der Waals surface area contributed by atoms with Crippen LogP contribution in [0.1, 0.15) is 127 Å². The second-order valence-electron chi connectivity index (χ2n) is 27.7. The van der Waals surface area contributed by atoms with Gasteiger partial charge in [-0.2, -0.15) is 5.10 Å². The lowest BCUT2D eigenvalue weighted by Crippen LogP contribution is -2.64. The number of carboxylic acids is 2. The van der Waals surface area contributed by atoms with Gasteiger partial charge in [0.25, 0.3) is 17.7 Å². The number of carbonyl (C=O) groups excluding carboxylic acids is 5. The first-order valence-corrected chi connectivity index (χ1v) is 33.7. The number of anilines is 2. The highest BCUT2D eigenvalue weighted by atomic mass is 32.1. The van der Waals surface area contributed by atoms with Crippen molar-refractivity contribution in [3.8, 4) is 16.9 Å². The van der Waals surface area contributed by atoms with Gasteiger partial charge in [-0.15, -0.1) is 0 Å². The molecule has 4 saturated carbocycles. The van der Waals surface area contributed by atoms with Gasteiger partial charge >= 0.3 is 18.0 Å². The summed E-state index contributed by atoms with van der Waals surface area (Å²) in [6.07, 6.45) is 2.60. The predicted molar refractivity (Wildman–Crippen MR) is 352 cm³/mol. The minimum absolute atomic E-state index is 0.00909. The van der Waals surface area contributed by atoms with E-state index in [9.17, 15) is 64.2 Å². The summed E-state index contributed by atoms with van der Waals surface area (Å²) in [6.45, 7) is 7.11. The fourth-order valence-electron chi connectivity index (χ4n) is 16.4. The summed E-state index contributed by atoms with van der Waals surface area (Å²) in [5, 5.41) is 73.5. The molecule has 6 heterocycles. The van der Waals surface area contributed by atoms with E-state index in [-0.39, 0.29) is 79.3 Å². The summed E-state index contributed by atoms with van der Waals surface area (Å²) < 4.78 is 27.7. The fraction of sp³-hybridized carbons (Fsp3) is 0.486. The van der Waals surface area contributed by atoms with Crippen molar-refractivity contribution in [1.82, 2.24) is 34.9 Å². The Morgan fingerprint density at radius 1 is 0.887 bits per heavy atom. The van der Waals surface area contributed by atoms with Crippen LogP contribution in [-0.2, 0) is 65.9 Å². The van der Waals surface area contributed by atoms with E-state index >= 15 is 0 Å². The van der Waals surface area contributed by atoms with Gasteiger partial charge in [-0.25, -0.2) is 24.4 Å². The first-order valence-electron chi connectivity index (χ1n) is 32.9. The number of carbonyl (C=O) groups is 7. The first kappa shape index (κ1) is 68.2. The molecule has 3 aromatic heterocycles. The number of aromatic carboxylic acids is 1. The second kappa shape index (κ2) is 28.0. The largest absolute Gasteiger partial charge is 0.479 e. The Kier molecular flexibility index (Phi) is 19.7. The fourth-order valence-corrected chi connectivity index (χ4v) is 17.2. The summed E-state index contributed by atoms with van der Waals surface area (Å²) in [6, 6.07) is 22.0. The van der Waals surface area contributed by atoms with Crippen molar-refractivity contribution in [2.75, 3.05) is 56.2 Å². The van der Waals surface area contributed by atoms with E-state index in [2.05, 4.69) is 29.5 Å². The molecule has 13 rings (SSSR count). The quantitative estimate of drug-likeness (QED) is 0.0200. The minimum atomic E-state index is -1.64. The molecule has 514 valence electrons. The van der Waals surface area contributed by atoms with Crippen molar-refractivity contribution in [2.24, 2.45) is 16.2 Å².